The summed E-state index contributed by atoms with van der Waals surface area (Å²) in [6.45, 7) is 4.59. The highest BCUT2D eigenvalue weighted by Crippen LogP contribution is 2.44. The van der Waals surface area contributed by atoms with E-state index in [2.05, 4.69) is 47.2 Å². The van der Waals surface area contributed by atoms with Gasteiger partial charge in [-0.2, -0.15) is 0 Å². The first-order chi connectivity index (χ1) is 13.6. The molecule has 4 nitrogen and oxygen atoms in total. The molecule has 0 bridgehead atoms. The fraction of sp³-hybridized carbons (Fsp3) is 0.522. The number of hydrogen-bond acceptors (Lipinski definition) is 4. The van der Waals surface area contributed by atoms with Crippen molar-refractivity contribution in [2.75, 3.05) is 40.3 Å². The molecule has 1 amide bonds. The highest BCUT2D eigenvalue weighted by Gasteiger charge is 2.42. The van der Waals surface area contributed by atoms with E-state index in [9.17, 15) is 4.79 Å². The number of rotatable bonds is 4. The lowest BCUT2D eigenvalue weighted by Gasteiger charge is -2.49. The minimum absolute atomic E-state index is 0.186. The van der Waals surface area contributed by atoms with E-state index in [1.54, 1.807) is 18.4 Å². The molecule has 5 heteroatoms. The Bertz CT molecular complexity index is 796. The lowest BCUT2D eigenvalue weighted by molar-refractivity contribution is 0.0226. The zero-order chi connectivity index (χ0) is 19.6. The Hall–Kier alpha value is -1.69. The molecule has 2 aliphatic heterocycles. The van der Waals surface area contributed by atoms with Gasteiger partial charge in [0, 0.05) is 38.2 Å². The standard InChI is InChI=1S/C23H30N2O2S/c1-24-15-19(18-6-4-3-5-7-18)14-23(17-24)10-12-25(13-11-23)22(26)21-9-8-20(28-21)16-27-2/h3-9,19H,10-17H2,1-2H3/t19-/m1/s1. The number of nitrogens with zero attached hydrogens (tertiary/aromatic N) is 2. The Morgan fingerprint density at radius 3 is 2.64 bits per heavy atom. The van der Waals surface area contributed by atoms with Gasteiger partial charge in [0.05, 0.1) is 11.5 Å². The van der Waals surface area contributed by atoms with Crippen LogP contribution >= 0.6 is 11.3 Å². The molecular formula is C23H30N2O2S. The third-order valence-corrected chi connectivity index (χ3v) is 7.40. The summed E-state index contributed by atoms with van der Waals surface area (Å²) in [7, 11) is 3.94. The number of methoxy groups -OCH3 is 1. The predicted molar refractivity (Wildman–Crippen MR) is 114 cm³/mol. The topological polar surface area (TPSA) is 32.8 Å². The predicted octanol–water partition coefficient (Wildman–Crippen LogP) is 4.24. The van der Waals surface area contributed by atoms with Gasteiger partial charge in [0.2, 0.25) is 0 Å². The average molecular weight is 399 g/mol. The van der Waals surface area contributed by atoms with Gasteiger partial charge < -0.3 is 14.5 Å². The third kappa shape index (κ3) is 4.17. The molecule has 1 spiro atoms. The van der Waals surface area contributed by atoms with E-state index in [1.807, 2.05) is 12.1 Å². The fourth-order valence-electron chi connectivity index (χ4n) is 5.03. The maximum Gasteiger partial charge on any atom is 0.263 e. The summed E-state index contributed by atoms with van der Waals surface area (Å²) >= 11 is 1.56. The Balaban J connectivity index is 1.41. The Labute approximate surface area is 172 Å². The van der Waals surface area contributed by atoms with E-state index >= 15 is 0 Å². The Morgan fingerprint density at radius 2 is 1.93 bits per heavy atom. The first-order valence-corrected chi connectivity index (χ1v) is 11.0. The average Bonchev–Trinajstić information content (AvgIpc) is 3.17. The molecule has 4 rings (SSSR count). The number of hydrogen-bond donors (Lipinski definition) is 0. The lowest BCUT2D eigenvalue weighted by atomic mass is 9.68. The number of carbonyl (C=O) groups excluding carboxylic acids is 1. The molecule has 2 fully saturated rings. The molecule has 1 aromatic carbocycles. The second-order valence-electron chi connectivity index (χ2n) is 8.50. The van der Waals surface area contributed by atoms with Crippen molar-refractivity contribution in [1.82, 2.24) is 9.80 Å². The minimum atomic E-state index is 0.186. The van der Waals surface area contributed by atoms with Crippen LogP contribution in [-0.4, -0.2) is 56.0 Å². The second kappa shape index (κ2) is 8.36. The smallest absolute Gasteiger partial charge is 0.263 e. The van der Waals surface area contributed by atoms with Crippen LogP contribution in [0.1, 0.15) is 45.3 Å². The molecule has 0 N–H and O–H groups in total. The highest BCUT2D eigenvalue weighted by molar-refractivity contribution is 7.14. The van der Waals surface area contributed by atoms with Gasteiger partial charge in [-0.15, -0.1) is 11.3 Å². The molecule has 3 heterocycles. The normalized spacial score (nSPS) is 22.5. The van der Waals surface area contributed by atoms with Crippen molar-refractivity contribution in [2.45, 2.75) is 31.8 Å². The van der Waals surface area contributed by atoms with Crippen molar-refractivity contribution in [3.8, 4) is 0 Å². The van der Waals surface area contributed by atoms with Gasteiger partial charge in [0.1, 0.15) is 0 Å². The van der Waals surface area contributed by atoms with E-state index in [0.717, 1.165) is 48.8 Å². The van der Waals surface area contributed by atoms with Gasteiger partial charge in [0.25, 0.3) is 5.91 Å². The summed E-state index contributed by atoms with van der Waals surface area (Å²) in [5.74, 6) is 0.780. The van der Waals surface area contributed by atoms with Gasteiger partial charge in [0.15, 0.2) is 0 Å². The quantitative estimate of drug-likeness (QED) is 0.772. The maximum absolute atomic E-state index is 12.9. The van der Waals surface area contributed by atoms with Crippen LogP contribution < -0.4 is 0 Å². The summed E-state index contributed by atoms with van der Waals surface area (Å²) in [5, 5.41) is 0. The van der Waals surface area contributed by atoms with Crippen LogP contribution in [0.4, 0.5) is 0 Å². The van der Waals surface area contributed by atoms with Crippen molar-refractivity contribution in [2.24, 2.45) is 5.41 Å². The minimum Gasteiger partial charge on any atom is -0.379 e. The summed E-state index contributed by atoms with van der Waals surface area (Å²) in [6, 6.07) is 14.9. The maximum atomic E-state index is 12.9. The van der Waals surface area contributed by atoms with Crippen molar-refractivity contribution in [3.05, 3.63) is 57.8 Å². The second-order valence-corrected chi connectivity index (χ2v) is 9.67. The van der Waals surface area contributed by atoms with Crippen LogP contribution in [0.2, 0.25) is 0 Å². The molecule has 1 aromatic heterocycles. The number of carbonyl (C=O) groups is 1. The number of amides is 1. The van der Waals surface area contributed by atoms with E-state index in [4.69, 9.17) is 4.74 Å². The number of ether oxygens (including phenoxy) is 1. The SMILES string of the molecule is COCc1ccc(C(=O)N2CCC3(CC2)C[C@@H](c2ccccc2)CN(C)C3)s1. The number of likely N-dealkylation sites (tertiary alicyclic amines) is 2. The van der Waals surface area contributed by atoms with E-state index in [1.165, 1.54) is 12.0 Å². The summed E-state index contributed by atoms with van der Waals surface area (Å²) in [5.41, 5.74) is 1.79. The summed E-state index contributed by atoms with van der Waals surface area (Å²) < 4.78 is 5.18. The first kappa shape index (κ1) is 19.6. The van der Waals surface area contributed by atoms with Crippen LogP contribution in [0.15, 0.2) is 42.5 Å². The van der Waals surface area contributed by atoms with Crippen LogP contribution in [0, 0.1) is 5.41 Å². The molecule has 28 heavy (non-hydrogen) atoms. The number of likely N-dealkylation sites (N-methyl/N-ethyl adjacent to an activating group) is 1. The lowest BCUT2D eigenvalue weighted by Crippen LogP contribution is -2.51. The molecule has 0 saturated carbocycles. The van der Waals surface area contributed by atoms with Crippen LogP contribution in [-0.2, 0) is 11.3 Å². The number of benzene rings is 1. The Morgan fingerprint density at radius 1 is 1.18 bits per heavy atom. The third-order valence-electron chi connectivity index (χ3n) is 6.36. The Kier molecular flexibility index (Phi) is 5.85. The van der Waals surface area contributed by atoms with Gasteiger partial charge in [-0.25, -0.2) is 0 Å². The molecule has 2 aromatic rings. The van der Waals surface area contributed by atoms with E-state index in [0.29, 0.717) is 17.9 Å². The van der Waals surface area contributed by atoms with Crippen molar-refractivity contribution in [1.29, 1.82) is 0 Å². The van der Waals surface area contributed by atoms with Gasteiger partial charge in [-0.3, -0.25) is 4.79 Å². The molecular weight excluding hydrogens is 368 g/mol. The molecule has 2 aliphatic rings. The molecule has 0 unspecified atom stereocenters. The van der Waals surface area contributed by atoms with E-state index < -0.39 is 0 Å². The monoisotopic (exact) mass is 398 g/mol. The number of thiophene rings is 1. The van der Waals surface area contributed by atoms with Crippen molar-refractivity contribution in [3.63, 3.8) is 0 Å². The van der Waals surface area contributed by atoms with Gasteiger partial charge >= 0.3 is 0 Å². The molecule has 150 valence electrons. The van der Waals surface area contributed by atoms with Gasteiger partial charge in [-0.05, 0) is 55.3 Å². The fourth-order valence-corrected chi connectivity index (χ4v) is 5.98. The molecule has 2 saturated heterocycles. The van der Waals surface area contributed by atoms with Crippen molar-refractivity contribution < 1.29 is 9.53 Å². The molecule has 0 radical (unpaired) electrons. The molecule has 1 atom stereocenters. The van der Waals surface area contributed by atoms with Crippen LogP contribution in [0.25, 0.3) is 0 Å². The summed E-state index contributed by atoms with van der Waals surface area (Å²) in [6.07, 6.45) is 3.44. The summed E-state index contributed by atoms with van der Waals surface area (Å²) in [4.78, 5) is 19.4. The first-order valence-electron chi connectivity index (χ1n) is 10.2. The molecule has 0 aliphatic carbocycles. The highest BCUT2D eigenvalue weighted by atomic mass is 32.1. The van der Waals surface area contributed by atoms with Crippen molar-refractivity contribution >= 4 is 17.2 Å². The van der Waals surface area contributed by atoms with Crippen LogP contribution in [0.3, 0.4) is 0 Å². The van der Waals surface area contributed by atoms with Crippen LogP contribution in [0.5, 0.6) is 0 Å². The zero-order valence-electron chi connectivity index (χ0n) is 16.9. The number of piperidine rings is 2. The zero-order valence-corrected chi connectivity index (χ0v) is 17.7. The van der Waals surface area contributed by atoms with E-state index in [-0.39, 0.29) is 5.91 Å². The largest absolute Gasteiger partial charge is 0.379 e. The van der Waals surface area contributed by atoms with Gasteiger partial charge in [-0.1, -0.05) is 30.3 Å².